The van der Waals surface area contributed by atoms with Gasteiger partial charge in [-0.05, 0) is 0 Å². The summed E-state index contributed by atoms with van der Waals surface area (Å²) in [5.41, 5.74) is 0.292. The van der Waals surface area contributed by atoms with Gasteiger partial charge in [0.2, 0.25) is 0 Å². The molecule has 1 radical (unpaired) electrons. The van der Waals surface area contributed by atoms with E-state index in [2.05, 4.69) is 41.5 Å². The molecule has 0 aliphatic heterocycles. The molecule has 65 valence electrons. The molecule has 0 rings (SSSR count). The van der Waals surface area contributed by atoms with Crippen molar-refractivity contribution in [1.29, 1.82) is 0 Å². The number of hydrogen-bond acceptors (Lipinski definition) is 0. The molecule has 0 N–H and O–H groups in total. The Morgan fingerprint density at radius 1 is 1.09 bits per heavy atom. The predicted octanol–water partition coefficient (Wildman–Crippen LogP) is 3.53. The van der Waals surface area contributed by atoms with Crippen LogP contribution in [0.2, 0.25) is 0 Å². The zero-order chi connectivity index (χ0) is 8.36. The second-order valence-electron chi connectivity index (χ2n) is 3.90. The van der Waals surface area contributed by atoms with E-state index in [0.29, 0.717) is 17.3 Å². The van der Waals surface area contributed by atoms with E-state index in [1.165, 1.54) is 6.42 Å². The average molecular weight is 230 g/mol. The maximum atomic E-state index is 4.29. The summed E-state index contributed by atoms with van der Waals surface area (Å²) in [6.07, 6.45) is 1.18. The third-order valence-electron chi connectivity index (χ3n) is 2.96. The molecule has 0 bridgehead atoms. The van der Waals surface area contributed by atoms with Crippen LogP contribution < -0.4 is 0 Å². The molecular weight excluding hydrogens is 209 g/mol. The summed E-state index contributed by atoms with van der Waals surface area (Å²) in [6.45, 7) is 15.6. The van der Waals surface area contributed by atoms with Crippen LogP contribution in [0.15, 0.2) is 0 Å². The van der Waals surface area contributed by atoms with E-state index < -0.39 is 0 Å². The fourth-order valence-corrected chi connectivity index (χ4v) is 1.48. The van der Waals surface area contributed by atoms with Crippen molar-refractivity contribution < 1.29 is 32.7 Å². The molecule has 0 unspecified atom stereocenters. The van der Waals surface area contributed by atoms with Gasteiger partial charge in [0.05, 0.1) is 0 Å². The third-order valence-corrected chi connectivity index (χ3v) is 2.96. The quantitative estimate of drug-likeness (QED) is 0.650. The van der Waals surface area contributed by atoms with Crippen LogP contribution in [0.25, 0.3) is 0 Å². The Kier molecular flexibility index (Phi) is 7.57. The normalized spacial score (nSPS) is 12.0. The van der Waals surface area contributed by atoms with Gasteiger partial charge in [0.15, 0.2) is 0 Å². The molecule has 0 aromatic carbocycles. The van der Waals surface area contributed by atoms with Gasteiger partial charge in [-0.3, -0.25) is 0 Å². The summed E-state index contributed by atoms with van der Waals surface area (Å²) in [6, 6.07) is 0. The molecule has 0 saturated heterocycles. The molecule has 0 amide bonds. The van der Waals surface area contributed by atoms with Crippen molar-refractivity contribution in [2.75, 3.05) is 0 Å². The van der Waals surface area contributed by atoms with E-state index in [0.717, 1.165) is 0 Å². The van der Waals surface area contributed by atoms with Crippen molar-refractivity contribution in [1.82, 2.24) is 0 Å². The Balaban J connectivity index is 0. The molecule has 0 aromatic rings. The predicted molar refractivity (Wildman–Crippen MR) is 47.8 cm³/mol. The minimum Gasteiger partial charge on any atom is -0.337 e. The molecular formula is C10H21Y-. The van der Waals surface area contributed by atoms with Gasteiger partial charge >= 0.3 is 0 Å². The van der Waals surface area contributed by atoms with E-state index in [1.54, 1.807) is 0 Å². The van der Waals surface area contributed by atoms with Gasteiger partial charge in [0, 0.05) is 32.7 Å². The molecule has 0 aliphatic rings. The van der Waals surface area contributed by atoms with Gasteiger partial charge in [-0.2, -0.15) is 5.41 Å². The number of rotatable bonds is 3. The maximum absolute atomic E-state index is 4.29. The number of hydrogen-bond donors (Lipinski definition) is 0. The van der Waals surface area contributed by atoms with Crippen molar-refractivity contribution in [2.24, 2.45) is 17.3 Å². The molecule has 1 heteroatoms. The topological polar surface area (TPSA) is 0 Å². The van der Waals surface area contributed by atoms with Gasteiger partial charge in [-0.15, -0.1) is 0 Å². The summed E-state index contributed by atoms with van der Waals surface area (Å²) in [5.74, 6) is 1.38. The molecule has 0 saturated carbocycles. The third kappa shape index (κ3) is 3.55. The smallest absolute Gasteiger partial charge is 0 e. The molecule has 11 heavy (non-hydrogen) atoms. The molecule has 0 fully saturated rings. The zero-order valence-corrected chi connectivity index (χ0v) is 11.5. The van der Waals surface area contributed by atoms with Crippen molar-refractivity contribution >= 4 is 0 Å². The van der Waals surface area contributed by atoms with E-state index in [9.17, 15) is 0 Å². The van der Waals surface area contributed by atoms with Gasteiger partial charge in [-0.1, -0.05) is 52.9 Å². The first kappa shape index (κ1) is 14.6. The maximum Gasteiger partial charge on any atom is 0 e. The van der Waals surface area contributed by atoms with Crippen molar-refractivity contribution in [2.45, 2.75) is 41.0 Å². The van der Waals surface area contributed by atoms with E-state index >= 15 is 0 Å². The fraction of sp³-hybridized carbons (Fsp3) is 0.900. The summed E-state index contributed by atoms with van der Waals surface area (Å²) >= 11 is 0. The van der Waals surface area contributed by atoms with Gasteiger partial charge in [-0.25, -0.2) is 0 Å². The molecule has 0 heterocycles. The largest absolute Gasteiger partial charge is 0.337 e. The molecule has 0 atom stereocenters. The van der Waals surface area contributed by atoms with Crippen LogP contribution >= 0.6 is 0 Å². The summed E-state index contributed by atoms with van der Waals surface area (Å²) in [4.78, 5) is 0. The Bertz CT molecular complexity index is 87.0. The average Bonchev–Trinajstić information content (AvgIpc) is 1.85. The van der Waals surface area contributed by atoms with Crippen molar-refractivity contribution in [3.8, 4) is 0 Å². The molecule has 0 spiro atoms. The van der Waals surface area contributed by atoms with Crippen LogP contribution in [0.5, 0.6) is 0 Å². The first-order valence-electron chi connectivity index (χ1n) is 4.30. The minimum absolute atomic E-state index is 0. The molecule has 0 aliphatic carbocycles. The van der Waals surface area contributed by atoms with Gasteiger partial charge in [0.1, 0.15) is 0 Å². The van der Waals surface area contributed by atoms with Crippen LogP contribution in [0.3, 0.4) is 0 Å². The zero-order valence-electron chi connectivity index (χ0n) is 8.65. The summed E-state index contributed by atoms with van der Waals surface area (Å²) < 4.78 is 0. The van der Waals surface area contributed by atoms with Crippen LogP contribution in [0.1, 0.15) is 41.0 Å². The molecule has 0 aromatic heterocycles. The SMILES string of the molecule is [CH2-]C(CC)(C(C)C)C(C)C.[Y]. The minimum atomic E-state index is 0. The van der Waals surface area contributed by atoms with Crippen LogP contribution in [0.4, 0.5) is 0 Å². The van der Waals surface area contributed by atoms with Crippen LogP contribution in [0, 0.1) is 24.2 Å². The van der Waals surface area contributed by atoms with Crippen molar-refractivity contribution in [3.05, 3.63) is 6.92 Å². The fourth-order valence-electron chi connectivity index (χ4n) is 1.48. The summed E-state index contributed by atoms with van der Waals surface area (Å²) in [5, 5.41) is 0. The van der Waals surface area contributed by atoms with Gasteiger partial charge < -0.3 is 6.92 Å². The van der Waals surface area contributed by atoms with E-state index in [-0.39, 0.29) is 32.7 Å². The Morgan fingerprint density at radius 2 is 1.36 bits per heavy atom. The van der Waals surface area contributed by atoms with Crippen molar-refractivity contribution in [3.63, 3.8) is 0 Å². The van der Waals surface area contributed by atoms with Crippen LogP contribution in [-0.2, 0) is 32.7 Å². The Hall–Kier alpha value is 1.10. The standard InChI is InChI=1S/C10H21.Y/c1-7-10(6,8(2)3)9(4)5;/h8-9H,6-7H2,1-5H3;/q-1;. The van der Waals surface area contributed by atoms with E-state index in [1.807, 2.05) is 0 Å². The second kappa shape index (κ2) is 5.70. The monoisotopic (exact) mass is 230 g/mol. The van der Waals surface area contributed by atoms with E-state index in [4.69, 9.17) is 0 Å². The first-order valence-corrected chi connectivity index (χ1v) is 4.30. The Morgan fingerprint density at radius 3 is 1.36 bits per heavy atom. The Labute approximate surface area is 97.4 Å². The van der Waals surface area contributed by atoms with Crippen LogP contribution in [-0.4, -0.2) is 0 Å². The first-order chi connectivity index (χ1) is 4.45. The van der Waals surface area contributed by atoms with Gasteiger partial charge in [0.25, 0.3) is 0 Å². The second-order valence-corrected chi connectivity index (χ2v) is 3.90. The molecule has 0 nitrogen and oxygen atoms in total. The summed E-state index contributed by atoms with van der Waals surface area (Å²) in [7, 11) is 0.